The van der Waals surface area contributed by atoms with Gasteiger partial charge in [-0.05, 0) is 94.4 Å². The van der Waals surface area contributed by atoms with Gasteiger partial charge in [-0.3, -0.25) is 4.79 Å². The van der Waals surface area contributed by atoms with E-state index in [0.29, 0.717) is 5.56 Å². The molecule has 0 aliphatic heterocycles. The van der Waals surface area contributed by atoms with Crippen LogP contribution in [0.5, 0.6) is 0 Å². The van der Waals surface area contributed by atoms with Crippen molar-refractivity contribution < 1.29 is 14.3 Å². The smallest absolute Gasteiger partial charge is 0.328 e. The molecular formula is C23H21I2N5O3. The molecule has 4 rings (SSSR count). The van der Waals surface area contributed by atoms with Crippen LogP contribution < -0.4 is 5.32 Å². The zero-order valence-electron chi connectivity index (χ0n) is 18.1. The van der Waals surface area contributed by atoms with Gasteiger partial charge in [-0.15, -0.1) is 0 Å². The first-order chi connectivity index (χ1) is 15.8. The molecule has 0 aliphatic rings. The number of carbonyl (C=O) groups is 2. The van der Waals surface area contributed by atoms with Crippen molar-refractivity contribution in [3.05, 3.63) is 66.3 Å². The number of aromatic nitrogens is 4. The van der Waals surface area contributed by atoms with E-state index in [1.54, 1.807) is 18.3 Å². The molecule has 0 aliphatic carbocycles. The Balaban J connectivity index is 1.62. The number of hydrogen-bond acceptors (Lipinski definition) is 5. The summed E-state index contributed by atoms with van der Waals surface area (Å²) in [4.78, 5) is 40.3. The van der Waals surface area contributed by atoms with E-state index in [-0.39, 0.29) is 12.3 Å². The van der Waals surface area contributed by atoms with E-state index in [9.17, 15) is 9.59 Å². The highest BCUT2D eigenvalue weighted by molar-refractivity contribution is 14.1. The molecule has 3 N–H and O–H groups in total. The van der Waals surface area contributed by atoms with Crippen molar-refractivity contribution in [1.29, 1.82) is 0 Å². The molecule has 0 spiro atoms. The fourth-order valence-corrected chi connectivity index (χ4v) is 5.79. The SMILES string of the molecule is COC(=O)[C@H](Cc1cnc[nH]1)NC(=O)c1cc(I)c(-c2nc3cc(C)c(C)cc3[nH]2)c(I)c1. The number of aryl methyl sites for hydroxylation is 2. The first-order valence-corrected chi connectivity index (χ1v) is 12.2. The number of aromatic amines is 2. The average molecular weight is 669 g/mol. The van der Waals surface area contributed by atoms with Gasteiger partial charge in [-0.1, -0.05) is 0 Å². The van der Waals surface area contributed by atoms with Gasteiger partial charge in [0.2, 0.25) is 0 Å². The molecule has 2 aromatic carbocycles. The molecule has 0 bridgehead atoms. The molecule has 2 heterocycles. The maximum absolute atomic E-state index is 13.0. The van der Waals surface area contributed by atoms with E-state index in [1.807, 2.05) is 0 Å². The number of imidazole rings is 2. The van der Waals surface area contributed by atoms with Crippen molar-refractivity contribution in [3.8, 4) is 11.4 Å². The molecular weight excluding hydrogens is 648 g/mol. The minimum absolute atomic E-state index is 0.252. The fourth-order valence-electron chi connectivity index (χ4n) is 3.51. The van der Waals surface area contributed by atoms with Gasteiger partial charge in [-0.25, -0.2) is 14.8 Å². The molecule has 0 fully saturated rings. The second kappa shape index (κ2) is 9.79. The van der Waals surface area contributed by atoms with Crippen molar-refractivity contribution in [1.82, 2.24) is 25.3 Å². The molecule has 0 saturated carbocycles. The summed E-state index contributed by atoms with van der Waals surface area (Å²) < 4.78 is 6.62. The number of ether oxygens (including phenoxy) is 1. The Bertz CT molecular complexity index is 1290. The van der Waals surface area contributed by atoms with Gasteiger partial charge < -0.3 is 20.0 Å². The number of methoxy groups -OCH3 is 1. The van der Waals surface area contributed by atoms with Crippen LogP contribution in [0.4, 0.5) is 0 Å². The zero-order chi connectivity index (χ0) is 23.7. The van der Waals surface area contributed by atoms with Gasteiger partial charge >= 0.3 is 5.97 Å². The lowest BCUT2D eigenvalue weighted by atomic mass is 10.1. The van der Waals surface area contributed by atoms with Gasteiger partial charge in [0.1, 0.15) is 11.9 Å². The minimum atomic E-state index is -0.834. The van der Waals surface area contributed by atoms with Crippen molar-refractivity contribution in [2.45, 2.75) is 26.3 Å². The van der Waals surface area contributed by atoms with E-state index in [0.717, 1.165) is 35.3 Å². The number of esters is 1. The van der Waals surface area contributed by atoms with Crippen LogP contribution in [-0.4, -0.2) is 45.0 Å². The van der Waals surface area contributed by atoms with Crippen LogP contribution in [0.2, 0.25) is 0 Å². The summed E-state index contributed by atoms with van der Waals surface area (Å²) >= 11 is 4.42. The first-order valence-electron chi connectivity index (χ1n) is 10.1. The number of hydrogen-bond donors (Lipinski definition) is 3. The maximum atomic E-state index is 13.0. The molecule has 170 valence electrons. The Morgan fingerprint density at radius 2 is 1.82 bits per heavy atom. The Kier molecular flexibility index (Phi) is 7.02. The van der Waals surface area contributed by atoms with E-state index in [4.69, 9.17) is 9.72 Å². The third-order valence-electron chi connectivity index (χ3n) is 5.41. The van der Waals surface area contributed by atoms with E-state index >= 15 is 0 Å². The van der Waals surface area contributed by atoms with Crippen LogP contribution in [0.1, 0.15) is 27.2 Å². The molecule has 0 unspecified atom stereocenters. The van der Waals surface area contributed by atoms with Crippen LogP contribution in [0.25, 0.3) is 22.4 Å². The number of nitrogens with zero attached hydrogens (tertiary/aromatic N) is 2. The zero-order valence-corrected chi connectivity index (χ0v) is 22.4. The van der Waals surface area contributed by atoms with E-state index < -0.39 is 12.0 Å². The summed E-state index contributed by atoms with van der Waals surface area (Å²) in [6.45, 7) is 4.14. The van der Waals surface area contributed by atoms with Gasteiger partial charge in [0.05, 0.1) is 24.5 Å². The number of nitrogens with one attached hydrogen (secondary N) is 3. The highest BCUT2D eigenvalue weighted by Gasteiger charge is 2.24. The second-order valence-electron chi connectivity index (χ2n) is 7.68. The Labute approximate surface area is 217 Å². The predicted octanol–water partition coefficient (Wildman–Crippen LogP) is 4.29. The lowest BCUT2D eigenvalue weighted by Gasteiger charge is -2.16. The molecule has 1 atom stereocenters. The highest BCUT2D eigenvalue weighted by atomic mass is 127. The fraction of sp³-hybridized carbons (Fsp3) is 0.217. The van der Waals surface area contributed by atoms with Crippen molar-refractivity contribution in [3.63, 3.8) is 0 Å². The third-order valence-corrected chi connectivity index (χ3v) is 7.11. The molecule has 1 amide bonds. The van der Waals surface area contributed by atoms with Gasteiger partial charge in [-0.2, -0.15) is 0 Å². The van der Waals surface area contributed by atoms with Crippen molar-refractivity contribution >= 4 is 68.1 Å². The van der Waals surface area contributed by atoms with Crippen molar-refractivity contribution in [2.24, 2.45) is 0 Å². The van der Waals surface area contributed by atoms with Gasteiger partial charge in [0.15, 0.2) is 0 Å². The second-order valence-corrected chi connectivity index (χ2v) is 10.0. The van der Waals surface area contributed by atoms with Crippen LogP contribution in [0.3, 0.4) is 0 Å². The molecule has 8 nitrogen and oxygen atoms in total. The molecule has 0 saturated heterocycles. The number of halogens is 2. The highest BCUT2D eigenvalue weighted by Crippen LogP contribution is 2.31. The summed E-state index contributed by atoms with van der Waals surface area (Å²) in [7, 11) is 1.30. The largest absolute Gasteiger partial charge is 0.467 e. The summed E-state index contributed by atoms with van der Waals surface area (Å²) in [6.07, 6.45) is 3.39. The standard InChI is InChI=1S/C23H21I2N5O3/c1-11-4-17-18(5-12(11)2)29-21(28-17)20-15(24)6-13(7-16(20)25)22(31)30-19(23(32)33-3)8-14-9-26-10-27-14/h4-7,9-10,19H,8H2,1-3H3,(H,26,27)(H,28,29)(H,30,31)/t19-/m0/s1. The van der Waals surface area contributed by atoms with Crippen LogP contribution in [-0.2, 0) is 16.0 Å². The molecule has 4 aromatic rings. The van der Waals surface area contributed by atoms with E-state index in [1.165, 1.54) is 24.6 Å². The normalized spacial score (nSPS) is 12.0. The minimum Gasteiger partial charge on any atom is -0.467 e. The Hall–Kier alpha value is -2.48. The average Bonchev–Trinajstić information content (AvgIpc) is 3.42. The number of amides is 1. The number of H-pyrrole nitrogens is 2. The monoisotopic (exact) mass is 669 g/mol. The lowest BCUT2D eigenvalue weighted by molar-refractivity contribution is -0.142. The quantitative estimate of drug-likeness (QED) is 0.210. The Morgan fingerprint density at radius 1 is 1.12 bits per heavy atom. The van der Waals surface area contributed by atoms with E-state index in [2.05, 4.69) is 91.4 Å². The molecule has 10 heteroatoms. The lowest BCUT2D eigenvalue weighted by Crippen LogP contribution is -2.43. The number of carbonyl (C=O) groups excluding carboxylic acids is 2. The van der Waals surface area contributed by atoms with Crippen LogP contribution >= 0.6 is 45.2 Å². The van der Waals surface area contributed by atoms with Crippen molar-refractivity contribution in [2.75, 3.05) is 7.11 Å². The number of fused-ring (bicyclic) bond motifs is 1. The molecule has 2 aromatic heterocycles. The molecule has 33 heavy (non-hydrogen) atoms. The van der Waals surface area contributed by atoms with Gasteiger partial charge in [0.25, 0.3) is 5.91 Å². The summed E-state index contributed by atoms with van der Waals surface area (Å²) in [5, 5.41) is 2.78. The van der Waals surface area contributed by atoms with Crippen LogP contribution in [0, 0.1) is 21.0 Å². The summed E-state index contributed by atoms with van der Waals surface area (Å²) in [5.41, 5.74) is 6.37. The first kappa shape index (κ1) is 23.7. The summed E-state index contributed by atoms with van der Waals surface area (Å²) in [6, 6.07) is 6.91. The third kappa shape index (κ3) is 5.05. The molecule has 0 radical (unpaired) electrons. The van der Waals surface area contributed by atoms with Crippen LogP contribution in [0.15, 0.2) is 36.8 Å². The predicted molar refractivity (Wildman–Crippen MR) is 142 cm³/mol. The maximum Gasteiger partial charge on any atom is 0.328 e. The topological polar surface area (TPSA) is 113 Å². The Morgan fingerprint density at radius 3 is 2.45 bits per heavy atom. The summed E-state index contributed by atoms with van der Waals surface area (Å²) in [5.74, 6) is -0.127. The van der Waals surface area contributed by atoms with Gasteiger partial charge in [0, 0.05) is 36.6 Å². The number of rotatable bonds is 6. The number of benzene rings is 2.